The van der Waals surface area contributed by atoms with E-state index in [2.05, 4.69) is 31.4 Å². The van der Waals surface area contributed by atoms with Crippen molar-refractivity contribution in [3.63, 3.8) is 0 Å². The lowest BCUT2D eigenvalue weighted by molar-refractivity contribution is -0.124. The van der Waals surface area contributed by atoms with Gasteiger partial charge in [-0.15, -0.1) is 0 Å². The van der Waals surface area contributed by atoms with Crippen molar-refractivity contribution in [3.8, 4) is 0 Å². The third kappa shape index (κ3) is 3.25. The number of amides is 1. The second-order valence-electron chi connectivity index (χ2n) is 6.50. The molecule has 2 aliphatic rings. The van der Waals surface area contributed by atoms with Crippen molar-refractivity contribution in [2.24, 2.45) is 5.92 Å². The lowest BCUT2D eigenvalue weighted by Crippen LogP contribution is -2.46. The highest BCUT2D eigenvalue weighted by atomic mass is 16.1. The fraction of sp³-hybridized carbons (Fsp3) is 0.933. The van der Waals surface area contributed by atoms with Crippen LogP contribution in [0.3, 0.4) is 0 Å². The molecule has 1 amide bonds. The molecule has 2 aliphatic heterocycles. The Morgan fingerprint density at radius 2 is 1.78 bits per heavy atom. The van der Waals surface area contributed by atoms with E-state index in [1.165, 1.54) is 25.7 Å². The molecule has 0 aromatic carbocycles. The minimum atomic E-state index is -0.0109. The van der Waals surface area contributed by atoms with Gasteiger partial charge in [-0.1, -0.05) is 13.8 Å². The van der Waals surface area contributed by atoms with E-state index in [-0.39, 0.29) is 11.4 Å². The van der Waals surface area contributed by atoms with E-state index in [0.29, 0.717) is 18.0 Å². The molecule has 3 heteroatoms. The van der Waals surface area contributed by atoms with E-state index >= 15 is 0 Å². The third-order valence-electron chi connectivity index (χ3n) is 5.05. The van der Waals surface area contributed by atoms with E-state index in [4.69, 9.17) is 0 Å². The first-order valence-corrected chi connectivity index (χ1v) is 7.61. The van der Waals surface area contributed by atoms with E-state index in [1.54, 1.807) is 0 Å². The van der Waals surface area contributed by atoms with Crippen LogP contribution in [0.4, 0.5) is 0 Å². The van der Waals surface area contributed by atoms with Crippen molar-refractivity contribution in [2.75, 3.05) is 0 Å². The zero-order valence-corrected chi connectivity index (χ0v) is 12.1. The molecule has 2 rings (SSSR count). The third-order valence-corrected chi connectivity index (χ3v) is 5.05. The smallest absolute Gasteiger partial charge is 0.220 e. The first-order chi connectivity index (χ1) is 8.54. The number of hydrogen-bond acceptors (Lipinski definition) is 2. The summed E-state index contributed by atoms with van der Waals surface area (Å²) in [6.45, 7) is 6.44. The van der Waals surface area contributed by atoms with Crippen molar-refractivity contribution >= 4 is 5.91 Å². The Labute approximate surface area is 111 Å². The zero-order valence-electron chi connectivity index (χ0n) is 12.1. The maximum atomic E-state index is 12.1. The van der Waals surface area contributed by atoms with E-state index in [1.807, 2.05) is 0 Å². The second-order valence-corrected chi connectivity index (χ2v) is 6.50. The Morgan fingerprint density at radius 3 is 2.28 bits per heavy atom. The van der Waals surface area contributed by atoms with Crippen molar-refractivity contribution in [2.45, 2.75) is 83.3 Å². The normalized spacial score (nSPS) is 31.4. The highest BCUT2D eigenvalue weighted by Crippen LogP contribution is 2.32. The highest BCUT2D eigenvalue weighted by molar-refractivity contribution is 5.77. The summed E-state index contributed by atoms with van der Waals surface area (Å²) in [4.78, 5) is 12.1. The molecular weight excluding hydrogens is 224 g/mol. The van der Waals surface area contributed by atoms with Crippen LogP contribution in [0.5, 0.6) is 0 Å². The van der Waals surface area contributed by atoms with Gasteiger partial charge >= 0.3 is 0 Å². The quantitative estimate of drug-likeness (QED) is 0.789. The lowest BCUT2D eigenvalue weighted by atomic mass is 9.88. The molecule has 2 heterocycles. The molecule has 0 aromatic heterocycles. The number of piperidine rings is 1. The van der Waals surface area contributed by atoms with Gasteiger partial charge in [-0.2, -0.15) is 0 Å². The van der Waals surface area contributed by atoms with Crippen LogP contribution in [-0.2, 0) is 4.79 Å². The molecule has 2 saturated heterocycles. The molecule has 0 spiro atoms. The molecule has 2 N–H and O–H groups in total. The maximum absolute atomic E-state index is 12.1. The van der Waals surface area contributed by atoms with Crippen LogP contribution < -0.4 is 10.6 Å². The number of fused-ring (bicyclic) bond motifs is 2. The van der Waals surface area contributed by atoms with Gasteiger partial charge in [0.15, 0.2) is 0 Å². The minimum absolute atomic E-state index is 0.0109. The average molecular weight is 252 g/mol. The molecule has 2 bridgehead atoms. The van der Waals surface area contributed by atoms with Gasteiger partial charge in [-0.05, 0) is 51.4 Å². The van der Waals surface area contributed by atoms with Crippen LogP contribution in [0.25, 0.3) is 0 Å². The molecule has 0 saturated carbocycles. The average Bonchev–Trinajstić information content (AvgIpc) is 2.68. The van der Waals surface area contributed by atoms with E-state index < -0.39 is 0 Å². The molecule has 2 unspecified atom stereocenters. The Kier molecular flexibility index (Phi) is 4.31. The summed E-state index contributed by atoms with van der Waals surface area (Å²) in [6.07, 6.45) is 7.75. The SMILES string of the molecule is CCC(C)(CC)NC(=O)CC1CC2CCC(C1)N2. The van der Waals surface area contributed by atoms with Crippen LogP contribution in [0, 0.1) is 5.92 Å². The fourth-order valence-electron chi connectivity index (χ4n) is 3.42. The van der Waals surface area contributed by atoms with Crippen molar-refractivity contribution in [1.82, 2.24) is 10.6 Å². The number of rotatable bonds is 5. The molecule has 3 nitrogen and oxygen atoms in total. The van der Waals surface area contributed by atoms with Crippen LogP contribution >= 0.6 is 0 Å². The largest absolute Gasteiger partial charge is 0.351 e. The van der Waals surface area contributed by atoms with Crippen molar-refractivity contribution in [1.29, 1.82) is 0 Å². The number of carbonyl (C=O) groups is 1. The Balaban J connectivity index is 1.81. The van der Waals surface area contributed by atoms with Gasteiger partial charge in [0.25, 0.3) is 0 Å². The Hall–Kier alpha value is -0.570. The second kappa shape index (κ2) is 5.60. The highest BCUT2D eigenvalue weighted by Gasteiger charge is 2.34. The maximum Gasteiger partial charge on any atom is 0.220 e. The number of nitrogens with one attached hydrogen (secondary N) is 2. The zero-order chi connectivity index (χ0) is 13.2. The molecule has 18 heavy (non-hydrogen) atoms. The van der Waals surface area contributed by atoms with Crippen LogP contribution in [-0.4, -0.2) is 23.5 Å². The van der Waals surface area contributed by atoms with Gasteiger partial charge in [-0.3, -0.25) is 4.79 Å². The molecule has 2 fully saturated rings. The van der Waals surface area contributed by atoms with Gasteiger partial charge in [0, 0.05) is 24.0 Å². The van der Waals surface area contributed by atoms with Gasteiger partial charge in [0.05, 0.1) is 0 Å². The molecule has 0 radical (unpaired) electrons. The Morgan fingerprint density at radius 1 is 1.22 bits per heavy atom. The van der Waals surface area contributed by atoms with E-state index in [9.17, 15) is 4.79 Å². The summed E-state index contributed by atoms with van der Waals surface area (Å²) in [5.41, 5.74) is -0.0109. The summed E-state index contributed by atoms with van der Waals surface area (Å²) in [6, 6.07) is 1.37. The fourth-order valence-corrected chi connectivity index (χ4v) is 3.42. The molecule has 2 atom stereocenters. The summed E-state index contributed by atoms with van der Waals surface area (Å²) >= 11 is 0. The van der Waals surface area contributed by atoms with Gasteiger partial charge in [0.2, 0.25) is 5.91 Å². The van der Waals surface area contributed by atoms with Gasteiger partial charge < -0.3 is 10.6 Å². The van der Waals surface area contributed by atoms with Crippen molar-refractivity contribution in [3.05, 3.63) is 0 Å². The van der Waals surface area contributed by atoms with Gasteiger partial charge in [0.1, 0.15) is 0 Å². The summed E-state index contributed by atoms with van der Waals surface area (Å²) in [5, 5.41) is 6.86. The predicted octanol–water partition coefficient (Wildman–Crippen LogP) is 2.60. The summed E-state index contributed by atoms with van der Waals surface area (Å²) < 4.78 is 0. The minimum Gasteiger partial charge on any atom is -0.351 e. The summed E-state index contributed by atoms with van der Waals surface area (Å²) in [5.74, 6) is 0.856. The summed E-state index contributed by atoms with van der Waals surface area (Å²) in [7, 11) is 0. The molecule has 0 aromatic rings. The predicted molar refractivity (Wildman–Crippen MR) is 74.4 cm³/mol. The van der Waals surface area contributed by atoms with Crippen LogP contribution in [0.2, 0.25) is 0 Å². The Bertz CT molecular complexity index is 287. The monoisotopic (exact) mass is 252 g/mol. The topological polar surface area (TPSA) is 41.1 Å². The number of hydrogen-bond donors (Lipinski definition) is 2. The lowest BCUT2D eigenvalue weighted by Gasteiger charge is -2.32. The number of carbonyl (C=O) groups excluding carboxylic acids is 1. The van der Waals surface area contributed by atoms with Gasteiger partial charge in [-0.25, -0.2) is 0 Å². The molecule has 104 valence electrons. The molecular formula is C15H28N2O. The van der Waals surface area contributed by atoms with Crippen LogP contribution in [0.15, 0.2) is 0 Å². The van der Waals surface area contributed by atoms with Crippen molar-refractivity contribution < 1.29 is 4.79 Å². The first-order valence-electron chi connectivity index (χ1n) is 7.61. The van der Waals surface area contributed by atoms with Crippen LogP contribution in [0.1, 0.15) is 65.7 Å². The molecule has 0 aliphatic carbocycles. The standard InChI is InChI=1S/C15H28N2O/c1-4-15(3,5-2)17-14(18)10-11-8-12-6-7-13(9-11)16-12/h11-13,16H,4-10H2,1-3H3,(H,17,18). The van der Waals surface area contributed by atoms with E-state index in [0.717, 1.165) is 19.3 Å². The first kappa shape index (κ1) is 13.9.